The minimum atomic E-state index is -5.04. The van der Waals surface area contributed by atoms with E-state index >= 15 is 0 Å². The normalized spacial score (nSPS) is 14.2. The van der Waals surface area contributed by atoms with Crippen molar-refractivity contribution in [2.45, 2.75) is 43.2 Å². The Bertz CT molecular complexity index is 1080. The van der Waals surface area contributed by atoms with E-state index in [2.05, 4.69) is 0 Å². The van der Waals surface area contributed by atoms with Crippen molar-refractivity contribution in [3.8, 4) is 0 Å². The molecule has 1 aliphatic rings. The quantitative estimate of drug-likeness (QED) is 0.207. The molecular weight excluding hydrogens is 447 g/mol. The molecule has 0 aromatic heterocycles. The van der Waals surface area contributed by atoms with Crippen molar-refractivity contribution in [2.75, 3.05) is 0 Å². The lowest BCUT2D eigenvalue weighted by atomic mass is 10.1. The van der Waals surface area contributed by atoms with Gasteiger partial charge in [-0.15, -0.1) is 0 Å². The van der Waals surface area contributed by atoms with Gasteiger partial charge >= 0.3 is 0 Å². The summed E-state index contributed by atoms with van der Waals surface area (Å²) in [6.45, 7) is -0.343. The number of benzene rings is 2. The first kappa shape index (κ1) is 23.1. The second kappa shape index (κ2) is 8.89. The Kier molecular flexibility index (Phi) is 6.62. The van der Waals surface area contributed by atoms with Crippen molar-refractivity contribution in [3.05, 3.63) is 64.5 Å². The first-order valence-electron chi connectivity index (χ1n) is 9.12. The van der Waals surface area contributed by atoms with E-state index in [9.17, 15) is 35.2 Å². The summed E-state index contributed by atoms with van der Waals surface area (Å²) < 4.78 is 95.1. The Balaban J connectivity index is 1.89. The van der Waals surface area contributed by atoms with Crippen LogP contribution in [0.4, 0.5) is 22.0 Å². The number of amides is 1. The third-order valence-corrected chi connectivity index (χ3v) is 6.74. The summed E-state index contributed by atoms with van der Waals surface area (Å²) in [6.07, 6.45) is 1.06. The number of hydroxylamine groups is 1. The number of carbonyl (C=O) groups excluding carboxylic acids is 1. The average Bonchev–Trinajstić information content (AvgIpc) is 3.58. The van der Waals surface area contributed by atoms with E-state index < -0.39 is 56.0 Å². The minimum Gasteiger partial charge on any atom is -0.289 e. The van der Waals surface area contributed by atoms with Gasteiger partial charge in [-0.25, -0.2) is 35.8 Å². The largest absolute Gasteiger partial charge is 0.289 e. The highest BCUT2D eigenvalue weighted by Gasteiger charge is 2.43. The van der Waals surface area contributed by atoms with Gasteiger partial charge in [-0.3, -0.25) is 10.0 Å². The molecule has 168 valence electrons. The molecule has 1 aliphatic carbocycles. The Morgan fingerprint density at radius 3 is 1.90 bits per heavy atom. The summed E-state index contributed by atoms with van der Waals surface area (Å²) in [5.41, 5.74) is 2.61. The van der Waals surface area contributed by atoms with Crippen LogP contribution >= 0.6 is 0 Å². The molecule has 0 atom stereocenters. The molecule has 6 nitrogen and oxygen atoms in total. The number of nitrogens with one attached hydrogen (secondary N) is 1. The lowest BCUT2D eigenvalue weighted by molar-refractivity contribution is -0.129. The predicted molar refractivity (Wildman–Crippen MR) is 96.7 cm³/mol. The zero-order valence-corrected chi connectivity index (χ0v) is 16.7. The fourth-order valence-corrected chi connectivity index (χ4v) is 4.80. The van der Waals surface area contributed by atoms with Crippen LogP contribution in [0.2, 0.25) is 0 Å². The number of aryl methyl sites for hydroxylation is 1. The fourth-order valence-electron chi connectivity index (χ4n) is 3.01. The van der Waals surface area contributed by atoms with Crippen LogP contribution in [0.3, 0.4) is 0 Å². The molecule has 2 N–H and O–H groups in total. The van der Waals surface area contributed by atoms with Gasteiger partial charge in [-0.2, -0.15) is 4.31 Å². The van der Waals surface area contributed by atoms with Gasteiger partial charge in [-0.05, 0) is 30.4 Å². The third kappa shape index (κ3) is 4.70. The van der Waals surface area contributed by atoms with Crippen LogP contribution in [0, 0.1) is 29.1 Å². The predicted octanol–water partition coefficient (Wildman–Crippen LogP) is 3.17. The van der Waals surface area contributed by atoms with Gasteiger partial charge in [0, 0.05) is 19.0 Å². The molecule has 0 saturated heterocycles. The van der Waals surface area contributed by atoms with Crippen LogP contribution < -0.4 is 5.48 Å². The summed E-state index contributed by atoms with van der Waals surface area (Å²) in [5.74, 6) is -12.5. The maximum absolute atomic E-state index is 14.1. The molecular formula is C19H17F5N2O4S. The van der Waals surface area contributed by atoms with E-state index in [1.165, 1.54) is 17.6 Å². The molecule has 1 amide bonds. The van der Waals surface area contributed by atoms with Gasteiger partial charge < -0.3 is 0 Å². The van der Waals surface area contributed by atoms with Gasteiger partial charge in [0.05, 0.1) is 0 Å². The Hall–Kier alpha value is -2.57. The van der Waals surface area contributed by atoms with Crippen LogP contribution in [-0.2, 0) is 27.8 Å². The second-order valence-electron chi connectivity index (χ2n) is 7.03. The molecule has 2 aromatic carbocycles. The first-order valence-corrected chi connectivity index (χ1v) is 10.6. The van der Waals surface area contributed by atoms with Crippen molar-refractivity contribution in [3.63, 3.8) is 0 Å². The molecule has 0 unspecified atom stereocenters. The van der Waals surface area contributed by atoms with Crippen LogP contribution in [0.1, 0.15) is 30.4 Å². The molecule has 0 radical (unpaired) electrons. The van der Waals surface area contributed by atoms with E-state index in [4.69, 9.17) is 5.21 Å². The van der Waals surface area contributed by atoms with Crippen LogP contribution in [-0.4, -0.2) is 29.9 Å². The van der Waals surface area contributed by atoms with E-state index in [-0.39, 0.29) is 13.0 Å². The van der Waals surface area contributed by atoms with Crippen LogP contribution in [0.15, 0.2) is 29.2 Å². The number of halogens is 5. The molecule has 3 rings (SSSR count). The molecule has 12 heteroatoms. The molecule has 1 fully saturated rings. The molecule has 0 bridgehead atoms. The molecule has 1 saturated carbocycles. The van der Waals surface area contributed by atoms with Gasteiger partial charge in [0.15, 0.2) is 28.2 Å². The van der Waals surface area contributed by atoms with E-state index in [0.717, 1.165) is 4.31 Å². The fraction of sp³-hybridized carbons (Fsp3) is 0.316. The Labute approximate surface area is 174 Å². The lowest BCUT2D eigenvalue weighted by Gasteiger charge is -2.23. The van der Waals surface area contributed by atoms with Gasteiger partial charge in [0.25, 0.3) is 0 Å². The van der Waals surface area contributed by atoms with Crippen molar-refractivity contribution in [1.29, 1.82) is 0 Å². The van der Waals surface area contributed by atoms with Crippen molar-refractivity contribution >= 4 is 15.9 Å². The smallest absolute Gasteiger partial charge is 0.249 e. The maximum atomic E-state index is 14.1. The summed E-state index contributed by atoms with van der Waals surface area (Å²) in [6, 6.07) is 5.60. The Morgan fingerprint density at radius 2 is 1.42 bits per heavy atom. The van der Waals surface area contributed by atoms with Crippen molar-refractivity contribution in [1.82, 2.24) is 9.79 Å². The van der Waals surface area contributed by atoms with E-state index in [1.54, 1.807) is 12.1 Å². The van der Waals surface area contributed by atoms with Gasteiger partial charge in [0.2, 0.25) is 21.7 Å². The Morgan fingerprint density at radius 1 is 0.935 bits per heavy atom. The van der Waals surface area contributed by atoms with Crippen LogP contribution in [0.5, 0.6) is 0 Å². The highest BCUT2D eigenvalue weighted by atomic mass is 32.2. The third-order valence-electron chi connectivity index (χ3n) is 4.82. The molecule has 31 heavy (non-hydrogen) atoms. The lowest BCUT2D eigenvalue weighted by Crippen LogP contribution is -2.34. The molecule has 2 aromatic rings. The molecule has 0 aliphatic heterocycles. The van der Waals surface area contributed by atoms with Gasteiger partial charge in [0.1, 0.15) is 0 Å². The molecule has 0 spiro atoms. The highest BCUT2D eigenvalue weighted by Crippen LogP contribution is 2.36. The first-order chi connectivity index (χ1) is 14.6. The highest BCUT2D eigenvalue weighted by molar-refractivity contribution is 7.89. The number of nitrogens with zero attached hydrogens (tertiary/aromatic N) is 1. The second-order valence-corrected chi connectivity index (χ2v) is 8.86. The SMILES string of the molecule is O=C(CCc1ccc(CN(C2CC2)S(=O)(=O)c2c(F)c(F)c(F)c(F)c2F)cc1)NO. The average molecular weight is 464 g/mol. The number of rotatable bonds is 8. The topological polar surface area (TPSA) is 86.7 Å². The number of hydrogen-bond acceptors (Lipinski definition) is 4. The number of sulfonamides is 1. The summed E-state index contributed by atoms with van der Waals surface area (Å²) in [5, 5.41) is 8.49. The standard InChI is InChI=1S/C19H17F5N2O4S/c20-14-15(21)17(23)19(18(24)16(14)22)31(29,30)26(12-6-7-12)9-11-3-1-10(2-4-11)5-8-13(27)25-28/h1-4,12,28H,5-9H2,(H,25,27). The maximum Gasteiger partial charge on any atom is 0.249 e. The monoisotopic (exact) mass is 464 g/mol. The number of hydrogen-bond donors (Lipinski definition) is 2. The summed E-state index contributed by atoms with van der Waals surface area (Å²) >= 11 is 0. The van der Waals surface area contributed by atoms with Crippen LogP contribution in [0.25, 0.3) is 0 Å². The van der Waals surface area contributed by atoms with Crippen molar-refractivity contribution < 1.29 is 40.4 Å². The van der Waals surface area contributed by atoms with E-state index in [1.807, 2.05) is 0 Å². The zero-order valence-electron chi connectivity index (χ0n) is 15.8. The summed E-state index contributed by atoms with van der Waals surface area (Å²) in [7, 11) is -5.04. The molecule has 0 heterocycles. The number of carbonyl (C=O) groups is 1. The zero-order chi connectivity index (χ0) is 22.9. The van der Waals surface area contributed by atoms with Crippen molar-refractivity contribution in [2.24, 2.45) is 0 Å². The van der Waals surface area contributed by atoms with Gasteiger partial charge in [-0.1, -0.05) is 24.3 Å². The minimum absolute atomic E-state index is 0.0126. The van der Waals surface area contributed by atoms with E-state index in [0.29, 0.717) is 30.4 Å². The summed E-state index contributed by atoms with van der Waals surface area (Å²) in [4.78, 5) is 9.20.